The third-order valence-electron chi connectivity index (χ3n) is 3.03. The molecule has 3 nitrogen and oxygen atoms in total. The molecule has 1 atom stereocenters. The van der Waals surface area contributed by atoms with Gasteiger partial charge in [-0.15, -0.1) is 0 Å². The maximum atomic E-state index is 13.2. The van der Waals surface area contributed by atoms with Gasteiger partial charge in [0.25, 0.3) is 0 Å². The number of piperidine rings is 1. The standard InChI is InChI=1S/C12H12ClFN2O/c13-8-5-7(14)6-10-11(8)17-12(16-10)9-3-1-2-4-15-9/h5-6,9,15H,1-4H2. The van der Waals surface area contributed by atoms with Gasteiger partial charge in [-0.1, -0.05) is 18.0 Å². The Morgan fingerprint density at radius 1 is 1.41 bits per heavy atom. The van der Waals surface area contributed by atoms with E-state index < -0.39 is 0 Å². The minimum atomic E-state index is -0.390. The van der Waals surface area contributed by atoms with Crippen molar-refractivity contribution in [2.24, 2.45) is 0 Å². The molecule has 0 radical (unpaired) electrons. The number of aromatic nitrogens is 1. The van der Waals surface area contributed by atoms with Crippen molar-refractivity contribution in [2.45, 2.75) is 25.3 Å². The zero-order valence-electron chi connectivity index (χ0n) is 9.17. The summed E-state index contributed by atoms with van der Waals surface area (Å²) in [4.78, 5) is 4.30. The van der Waals surface area contributed by atoms with Gasteiger partial charge in [0.2, 0.25) is 5.89 Å². The van der Waals surface area contributed by atoms with Crippen molar-refractivity contribution in [3.8, 4) is 0 Å². The summed E-state index contributed by atoms with van der Waals surface area (Å²) in [7, 11) is 0. The second-order valence-corrected chi connectivity index (χ2v) is 4.70. The van der Waals surface area contributed by atoms with E-state index in [1.54, 1.807) is 0 Å². The van der Waals surface area contributed by atoms with Crippen LogP contribution >= 0.6 is 11.6 Å². The van der Waals surface area contributed by atoms with Gasteiger partial charge in [0.1, 0.15) is 11.3 Å². The van der Waals surface area contributed by atoms with Crippen LogP contribution in [-0.4, -0.2) is 11.5 Å². The van der Waals surface area contributed by atoms with Crippen LogP contribution in [0.3, 0.4) is 0 Å². The summed E-state index contributed by atoms with van der Waals surface area (Å²) in [6.45, 7) is 0.964. The highest BCUT2D eigenvalue weighted by atomic mass is 35.5. The molecule has 1 saturated heterocycles. The van der Waals surface area contributed by atoms with Crippen molar-refractivity contribution in [3.05, 3.63) is 28.9 Å². The number of benzene rings is 1. The molecule has 1 unspecified atom stereocenters. The molecule has 1 aliphatic rings. The van der Waals surface area contributed by atoms with Gasteiger partial charge < -0.3 is 9.73 Å². The molecule has 0 amide bonds. The van der Waals surface area contributed by atoms with E-state index in [1.807, 2.05) is 0 Å². The molecule has 3 rings (SSSR count). The first-order valence-electron chi connectivity index (χ1n) is 5.73. The highest BCUT2D eigenvalue weighted by Gasteiger charge is 2.21. The lowest BCUT2D eigenvalue weighted by atomic mass is 10.1. The van der Waals surface area contributed by atoms with Crippen LogP contribution in [0.15, 0.2) is 16.5 Å². The van der Waals surface area contributed by atoms with E-state index in [4.69, 9.17) is 16.0 Å². The Kier molecular flexibility index (Phi) is 2.76. The van der Waals surface area contributed by atoms with Crippen LogP contribution in [0.25, 0.3) is 11.1 Å². The normalized spacial score (nSPS) is 20.9. The second kappa shape index (κ2) is 4.27. The Hall–Kier alpha value is -1.13. The van der Waals surface area contributed by atoms with E-state index in [1.165, 1.54) is 18.6 Å². The van der Waals surface area contributed by atoms with Crippen molar-refractivity contribution >= 4 is 22.7 Å². The fraction of sp³-hybridized carbons (Fsp3) is 0.417. The molecule has 1 aliphatic heterocycles. The first-order chi connectivity index (χ1) is 8.24. The van der Waals surface area contributed by atoms with Gasteiger partial charge in [0, 0.05) is 6.07 Å². The SMILES string of the molecule is Fc1cc(Cl)c2oc(C3CCCCN3)nc2c1. The van der Waals surface area contributed by atoms with Crippen molar-refractivity contribution < 1.29 is 8.81 Å². The lowest BCUT2D eigenvalue weighted by molar-refractivity contribution is 0.347. The quantitative estimate of drug-likeness (QED) is 0.847. The molecule has 90 valence electrons. The predicted octanol–water partition coefficient (Wildman–Crippen LogP) is 3.43. The maximum Gasteiger partial charge on any atom is 0.212 e. The summed E-state index contributed by atoms with van der Waals surface area (Å²) < 4.78 is 18.8. The number of hydrogen-bond acceptors (Lipinski definition) is 3. The number of nitrogens with zero attached hydrogens (tertiary/aromatic N) is 1. The molecule has 2 heterocycles. The number of oxazole rings is 1. The largest absolute Gasteiger partial charge is 0.437 e. The first kappa shape index (κ1) is 11.0. The number of nitrogens with one attached hydrogen (secondary N) is 1. The highest BCUT2D eigenvalue weighted by molar-refractivity contribution is 6.34. The number of halogens is 2. The van der Waals surface area contributed by atoms with E-state index in [0.29, 0.717) is 17.0 Å². The molecule has 0 spiro atoms. The Balaban J connectivity index is 2.03. The molecule has 1 fully saturated rings. The maximum absolute atomic E-state index is 13.2. The van der Waals surface area contributed by atoms with Gasteiger partial charge in [-0.3, -0.25) is 0 Å². The van der Waals surface area contributed by atoms with E-state index in [2.05, 4.69) is 10.3 Å². The van der Waals surface area contributed by atoms with Crippen LogP contribution < -0.4 is 5.32 Å². The van der Waals surface area contributed by atoms with Crippen LogP contribution in [0, 0.1) is 5.82 Å². The van der Waals surface area contributed by atoms with E-state index in [9.17, 15) is 4.39 Å². The topological polar surface area (TPSA) is 38.1 Å². The summed E-state index contributed by atoms with van der Waals surface area (Å²) in [5.74, 6) is 0.214. The minimum absolute atomic E-state index is 0.121. The lowest BCUT2D eigenvalue weighted by Crippen LogP contribution is -2.26. The number of fused-ring (bicyclic) bond motifs is 1. The molecule has 5 heteroatoms. The number of hydrogen-bond donors (Lipinski definition) is 1. The zero-order valence-corrected chi connectivity index (χ0v) is 9.93. The van der Waals surface area contributed by atoms with Crippen molar-refractivity contribution in [2.75, 3.05) is 6.54 Å². The fourth-order valence-corrected chi connectivity index (χ4v) is 2.43. The van der Waals surface area contributed by atoms with Crippen LogP contribution in [0.2, 0.25) is 5.02 Å². The fourth-order valence-electron chi connectivity index (χ4n) is 2.19. The van der Waals surface area contributed by atoms with Gasteiger partial charge >= 0.3 is 0 Å². The number of rotatable bonds is 1. The summed E-state index contributed by atoms with van der Waals surface area (Å²) in [5, 5.41) is 3.61. The van der Waals surface area contributed by atoms with E-state index >= 15 is 0 Å². The van der Waals surface area contributed by atoms with Crippen LogP contribution in [0.1, 0.15) is 31.2 Å². The Labute approximate surface area is 103 Å². The van der Waals surface area contributed by atoms with Gasteiger partial charge in [0.05, 0.1) is 11.1 Å². The molecular formula is C12H12ClFN2O. The average Bonchev–Trinajstić information content (AvgIpc) is 2.74. The Bertz CT molecular complexity index is 549. The van der Waals surface area contributed by atoms with Crippen molar-refractivity contribution in [1.29, 1.82) is 0 Å². The van der Waals surface area contributed by atoms with Gasteiger partial charge in [-0.05, 0) is 25.5 Å². The zero-order chi connectivity index (χ0) is 11.8. The van der Waals surface area contributed by atoms with Crippen LogP contribution in [-0.2, 0) is 0 Å². The summed E-state index contributed by atoms with van der Waals surface area (Å²) in [5.41, 5.74) is 0.952. The van der Waals surface area contributed by atoms with E-state index in [0.717, 1.165) is 19.4 Å². The first-order valence-corrected chi connectivity index (χ1v) is 6.11. The highest BCUT2D eigenvalue weighted by Crippen LogP contribution is 2.30. The van der Waals surface area contributed by atoms with Gasteiger partial charge in [-0.2, -0.15) is 0 Å². The Morgan fingerprint density at radius 3 is 3.06 bits per heavy atom. The molecule has 17 heavy (non-hydrogen) atoms. The molecule has 0 aliphatic carbocycles. The Morgan fingerprint density at radius 2 is 2.29 bits per heavy atom. The summed E-state index contributed by atoms with van der Waals surface area (Å²) >= 11 is 5.92. The van der Waals surface area contributed by atoms with Crippen LogP contribution in [0.4, 0.5) is 4.39 Å². The third kappa shape index (κ3) is 2.03. The summed E-state index contributed by atoms with van der Waals surface area (Å²) in [6.07, 6.45) is 3.32. The van der Waals surface area contributed by atoms with Gasteiger partial charge in [0.15, 0.2) is 5.58 Å². The van der Waals surface area contributed by atoms with Crippen molar-refractivity contribution in [3.63, 3.8) is 0 Å². The molecule has 0 saturated carbocycles. The molecule has 1 aromatic carbocycles. The minimum Gasteiger partial charge on any atom is -0.437 e. The third-order valence-corrected chi connectivity index (χ3v) is 3.32. The molecule has 1 N–H and O–H groups in total. The average molecular weight is 255 g/mol. The lowest BCUT2D eigenvalue weighted by Gasteiger charge is -2.19. The molecular weight excluding hydrogens is 243 g/mol. The summed E-state index contributed by atoms with van der Waals surface area (Å²) in [6, 6.07) is 2.71. The second-order valence-electron chi connectivity index (χ2n) is 4.29. The predicted molar refractivity (Wildman–Crippen MR) is 63.6 cm³/mol. The van der Waals surface area contributed by atoms with Crippen molar-refractivity contribution in [1.82, 2.24) is 10.3 Å². The van der Waals surface area contributed by atoms with E-state index in [-0.39, 0.29) is 16.9 Å². The van der Waals surface area contributed by atoms with Crippen LogP contribution in [0.5, 0.6) is 0 Å². The van der Waals surface area contributed by atoms with Gasteiger partial charge in [-0.25, -0.2) is 9.37 Å². The molecule has 0 bridgehead atoms. The monoisotopic (exact) mass is 254 g/mol. The molecule has 1 aromatic heterocycles. The molecule has 2 aromatic rings. The smallest absolute Gasteiger partial charge is 0.212 e.